The third-order valence-corrected chi connectivity index (χ3v) is 3.83. The molecule has 0 bridgehead atoms. The number of aryl methyl sites for hydroxylation is 1. The number of hydrogen-bond acceptors (Lipinski definition) is 3. The number of nitrogens with zero attached hydrogens (tertiary/aromatic N) is 2. The molecule has 0 saturated heterocycles. The van der Waals surface area contributed by atoms with E-state index in [0.717, 1.165) is 16.8 Å². The summed E-state index contributed by atoms with van der Waals surface area (Å²) in [5.74, 6) is 0. The lowest BCUT2D eigenvalue weighted by Crippen LogP contribution is -2.11. The summed E-state index contributed by atoms with van der Waals surface area (Å²) < 4.78 is 2.74. The number of hydrogen-bond donors (Lipinski definition) is 0. The number of aromatic nitrogens is 2. The Labute approximate surface area is 108 Å². The fraction of sp³-hybridized carbons (Fsp3) is 0.143. The van der Waals surface area contributed by atoms with Gasteiger partial charge in [-0.1, -0.05) is 29.8 Å². The maximum Gasteiger partial charge on any atom is 0.290 e. The Kier molecular flexibility index (Phi) is 2.72. The van der Waals surface area contributed by atoms with Crippen molar-refractivity contribution in [3.8, 4) is 0 Å². The first-order valence-electron chi connectivity index (χ1n) is 5.72. The smallest absolute Gasteiger partial charge is 0.290 e. The Hall–Kier alpha value is -1.94. The van der Waals surface area contributed by atoms with Gasteiger partial charge in [0.1, 0.15) is 4.70 Å². The molecule has 0 saturated carbocycles. The number of fused-ring (bicyclic) bond motifs is 1. The van der Waals surface area contributed by atoms with Gasteiger partial charge in [0.05, 0.1) is 11.8 Å². The van der Waals surface area contributed by atoms with Crippen molar-refractivity contribution in [3.63, 3.8) is 0 Å². The van der Waals surface area contributed by atoms with E-state index in [1.807, 2.05) is 16.0 Å². The third-order valence-electron chi connectivity index (χ3n) is 2.94. The van der Waals surface area contributed by atoms with Crippen molar-refractivity contribution in [1.29, 1.82) is 0 Å². The van der Waals surface area contributed by atoms with E-state index in [0.29, 0.717) is 0 Å². The number of thiophene rings is 1. The molecular weight excluding hydrogens is 244 g/mol. The van der Waals surface area contributed by atoms with Crippen molar-refractivity contribution >= 4 is 21.6 Å². The van der Waals surface area contributed by atoms with Gasteiger partial charge in [0.15, 0.2) is 0 Å². The normalized spacial score (nSPS) is 10.9. The second-order valence-corrected chi connectivity index (χ2v) is 5.21. The van der Waals surface area contributed by atoms with Gasteiger partial charge in [-0.05, 0) is 23.9 Å². The van der Waals surface area contributed by atoms with Crippen molar-refractivity contribution < 1.29 is 0 Å². The lowest BCUT2D eigenvalue weighted by Gasteiger charge is -2.07. The van der Waals surface area contributed by atoms with E-state index in [2.05, 4.69) is 36.2 Å². The molecule has 0 aliphatic carbocycles. The van der Waals surface area contributed by atoms with Gasteiger partial charge in [-0.2, -0.15) is 4.98 Å². The molecule has 3 nitrogen and oxygen atoms in total. The minimum absolute atomic E-state index is 0.139. The summed E-state index contributed by atoms with van der Waals surface area (Å²) in [6, 6.07) is 10.4. The molecule has 0 N–H and O–H groups in total. The monoisotopic (exact) mass is 256 g/mol. The predicted molar refractivity (Wildman–Crippen MR) is 74.2 cm³/mol. The molecule has 4 heteroatoms. The summed E-state index contributed by atoms with van der Waals surface area (Å²) in [4.78, 5) is 15.5. The minimum Gasteiger partial charge on any atom is -0.326 e. The van der Waals surface area contributed by atoms with Crippen LogP contribution < -0.4 is 5.56 Å². The Morgan fingerprint density at radius 2 is 2.00 bits per heavy atom. The molecule has 90 valence electrons. The van der Waals surface area contributed by atoms with Crippen LogP contribution in [0.3, 0.4) is 0 Å². The zero-order chi connectivity index (χ0) is 12.5. The van der Waals surface area contributed by atoms with Gasteiger partial charge in [0.2, 0.25) is 0 Å². The van der Waals surface area contributed by atoms with Crippen LogP contribution in [0.5, 0.6) is 0 Å². The molecule has 0 aliphatic heterocycles. The van der Waals surface area contributed by atoms with E-state index in [4.69, 9.17) is 0 Å². The lowest BCUT2D eigenvalue weighted by molar-refractivity contribution is 0.799. The molecule has 0 amide bonds. The van der Waals surface area contributed by atoms with Gasteiger partial charge in [0, 0.05) is 6.54 Å². The van der Waals surface area contributed by atoms with Crippen molar-refractivity contribution in [2.75, 3.05) is 0 Å². The maximum atomic E-state index is 11.6. The molecule has 3 rings (SSSR count). The van der Waals surface area contributed by atoms with E-state index in [1.165, 1.54) is 22.5 Å². The zero-order valence-corrected chi connectivity index (χ0v) is 10.8. The molecule has 0 aliphatic rings. The third kappa shape index (κ3) is 1.95. The van der Waals surface area contributed by atoms with Gasteiger partial charge in [0.25, 0.3) is 5.56 Å². The predicted octanol–water partition coefficient (Wildman–Crippen LogP) is 2.81. The Bertz CT molecular complexity index is 740. The van der Waals surface area contributed by atoms with Crippen LogP contribution >= 0.6 is 11.3 Å². The Morgan fingerprint density at radius 3 is 2.78 bits per heavy atom. The quantitative estimate of drug-likeness (QED) is 0.706. The topological polar surface area (TPSA) is 34.9 Å². The fourth-order valence-electron chi connectivity index (χ4n) is 1.95. The van der Waals surface area contributed by atoms with E-state index in [1.54, 1.807) is 6.33 Å². The maximum absolute atomic E-state index is 11.6. The Morgan fingerprint density at radius 1 is 1.22 bits per heavy atom. The van der Waals surface area contributed by atoms with Crippen LogP contribution in [0.4, 0.5) is 0 Å². The fourth-order valence-corrected chi connectivity index (χ4v) is 2.74. The number of benzene rings is 1. The van der Waals surface area contributed by atoms with Crippen LogP contribution in [-0.2, 0) is 6.54 Å². The molecule has 2 heterocycles. The first kappa shape index (κ1) is 11.2. The number of rotatable bonds is 2. The van der Waals surface area contributed by atoms with Crippen molar-refractivity contribution in [1.82, 2.24) is 9.55 Å². The summed E-state index contributed by atoms with van der Waals surface area (Å²) in [7, 11) is 0. The second kappa shape index (κ2) is 4.38. The summed E-state index contributed by atoms with van der Waals surface area (Å²) in [6.45, 7) is 2.81. The highest BCUT2D eigenvalue weighted by Crippen LogP contribution is 2.17. The van der Waals surface area contributed by atoms with Crippen LogP contribution in [0.2, 0.25) is 0 Å². The van der Waals surface area contributed by atoms with E-state index < -0.39 is 0 Å². The Balaban J connectivity index is 2.05. The lowest BCUT2D eigenvalue weighted by atomic mass is 10.1. The van der Waals surface area contributed by atoms with E-state index in [-0.39, 0.29) is 5.56 Å². The minimum atomic E-state index is -0.139. The summed E-state index contributed by atoms with van der Waals surface area (Å²) in [5, 5.41) is 1.93. The van der Waals surface area contributed by atoms with Crippen LogP contribution in [0.25, 0.3) is 10.2 Å². The first-order chi connectivity index (χ1) is 8.74. The molecule has 0 atom stereocenters. The van der Waals surface area contributed by atoms with E-state index >= 15 is 0 Å². The molecule has 0 spiro atoms. The van der Waals surface area contributed by atoms with Crippen molar-refractivity contribution in [3.05, 3.63) is 63.5 Å². The highest BCUT2D eigenvalue weighted by Gasteiger charge is 2.05. The molecule has 1 aromatic carbocycles. The van der Waals surface area contributed by atoms with Gasteiger partial charge in [-0.3, -0.25) is 4.79 Å². The first-order valence-corrected chi connectivity index (χ1v) is 6.60. The highest BCUT2D eigenvalue weighted by atomic mass is 32.1. The molecule has 3 aromatic rings. The zero-order valence-electron chi connectivity index (χ0n) is 9.96. The van der Waals surface area contributed by atoms with Gasteiger partial charge < -0.3 is 4.57 Å². The average Bonchev–Trinajstić information content (AvgIpc) is 2.86. The molecule has 0 radical (unpaired) electrons. The van der Waals surface area contributed by atoms with Gasteiger partial charge >= 0.3 is 0 Å². The van der Waals surface area contributed by atoms with Gasteiger partial charge in [-0.15, -0.1) is 11.3 Å². The van der Waals surface area contributed by atoms with Crippen LogP contribution in [0.15, 0.2) is 46.8 Å². The van der Waals surface area contributed by atoms with Crippen LogP contribution in [0.1, 0.15) is 11.1 Å². The summed E-state index contributed by atoms with van der Waals surface area (Å²) >= 11 is 1.45. The molecule has 0 unspecified atom stereocenters. The van der Waals surface area contributed by atoms with Crippen LogP contribution in [0, 0.1) is 6.92 Å². The van der Waals surface area contributed by atoms with Crippen molar-refractivity contribution in [2.45, 2.75) is 13.5 Å². The highest BCUT2D eigenvalue weighted by molar-refractivity contribution is 7.17. The summed E-state index contributed by atoms with van der Waals surface area (Å²) in [6.07, 6.45) is 1.62. The summed E-state index contributed by atoms with van der Waals surface area (Å²) in [5.41, 5.74) is 3.27. The standard InChI is InChI=1S/C14H12N2OS/c1-10-2-4-11(5-3-10)8-16-9-15-14(17)13-12(16)6-7-18-13/h2-7,9H,8H2,1H3. The largest absolute Gasteiger partial charge is 0.326 e. The average molecular weight is 256 g/mol. The van der Waals surface area contributed by atoms with Crippen LogP contribution in [-0.4, -0.2) is 9.55 Å². The second-order valence-electron chi connectivity index (χ2n) is 4.30. The molecule has 2 aromatic heterocycles. The SMILES string of the molecule is Cc1ccc(Cn2cnc(=O)c3sccc32)cc1. The molecule has 0 fully saturated rings. The van der Waals surface area contributed by atoms with Gasteiger partial charge in [-0.25, -0.2) is 0 Å². The van der Waals surface area contributed by atoms with Crippen molar-refractivity contribution in [2.24, 2.45) is 0 Å². The van der Waals surface area contributed by atoms with E-state index in [9.17, 15) is 4.79 Å². The molecule has 18 heavy (non-hydrogen) atoms. The molecular formula is C14H12N2OS.